The van der Waals surface area contributed by atoms with E-state index in [0.717, 1.165) is 6.42 Å². The standard InChI is InChI=1S/C31H64NO2.BrH/c1-5-8-11-14-17-22-27-32(28-23-18-15-12-9-6-2,29-24-19-16-13-10-7-3)30-25-20-21-26-31(33)34-4;/h5-30H2,1-4H3;1H/q+1;/p-1. The first kappa shape index (κ1) is 37.1. The lowest BCUT2D eigenvalue weighted by molar-refractivity contribution is -0.929. The van der Waals surface area contributed by atoms with E-state index in [1.807, 2.05) is 0 Å². The summed E-state index contributed by atoms with van der Waals surface area (Å²) in [5, 5.41) is 0. The Morgan fingerprint density at radius 3 is 1.09 bits per heavy atom. The van der Waals surface area contributed by atoms with E-state index in [1.54, 1.807) is 0 Å². The summed E-state index contributed by atoms with van der Waals surface area (Å²) in [5.74, 6) is -0.0491. The largest absolute Gasteiger partial charge is 1.00 e. The normalized spacial score (nSPS) is 11.4. The first-order valence-electron chi connectivity index (χ1n) is 15.6. The summed E-state index contributed by atoms with van der Waals surface area (Å²) in [7, 11) is 1.51. The van der Waals surface area contributed by atoms with Crippen molar-refractivity contribution in [1.29, 1.82) is 0 Å². The highest BCUT2D eigenvalue weighted by Gasteiger charge is 2.25. The predicted octanol–water partition coefficient (Wildman–Crippen LogP) is 6.62. The third-order valence-electron chi connectivity index (χ3n) is 7.70. The van der Waals surface area contributed by atoms with Crippen LogP contribution in [0.4, 0.5) is 0 Å². The fourth-order valence-corrected chi connectivity index (χ4v) is 5.35. The lowest BCUT2D eigenvalue weighted by atomic mass is 10.0. The van der Waals surface area contributed by atoms with Crippen molar-refractivity contribution in [2.24, 2.45) is 0 Å². The van der Waals surface area contributed by atoms with E-state index >= 15 is 0 Å². The van der Waals surface area contributed by atoms with Crippen LogP contribution in [0.1, 0.15) is 162 Å². The molecule has 0 spiro atoms. The molecule has 0 unspecified atom stereocenters. The summed E-state index contributed by atoms with van der Waals surface area (Å²) in [6.45, 7) is 12.4. The molecular weight excluding hydrogens is 498 g/mol. The molecule has 0 atom stereocenters. The van der Waals surface area contributed by atoms with E-state index < -0.39 is 0 Å². The number of methoxy groups -OCH3 is 1. The van der Waals surface area contributed by atoms with Crippen LogP contribution in [0.5, 0.6) is 0 Å². The molecule has 0 amide bonds. The molecule has 0 heterocycles. The zero-order valence-corrected chi connectivity index (χ0v) is 26.1. The monoisotopic (exact) mass is 561 g/mol. The van der Waals surface area contributed by atoms with Gasteiger partial charge in [-0.3, -0.25) is 4.79 Å². The second-order valence-corrected chi connectivity index (χ2v) is 10.9. The summed E-state index contributed by atoms with van der Waals surface area (Å²) in [6.07, 6.45) is 29.1. The minimum atomic E-state index is -0.0491. The Bertz CT molecular complexity index is 389. The lowest BCUT2D eigenvalue weighted by Gasteiger charge is -2.39. The van der Waals surface area contributed by atoms with Crippen molar-refractivity contribution >= 4 is 5.97 Å². The van der Waals surface area contributed by atoms with Crippen LogP contribution in [0, 0.1) is 0 Å². The summed E-state index contributed by atoms with van der Waals surface area (Å²) in [6, 6.07) is 0. The minimum absolute atomic E-state index is 0. The minimum Gasteiger partial charge on any atom is -1.00 e. The second kappa shape index (κ2) is 28.5. The van der Waals surface area contributed by atoms with Crippen LogP contribution in [0.2, 0.25) is 0 Å². The average molecular weight is 563 g/mol. The molecule has 0 saturated heterocycles. The number of esters is 1. The van der Waals surface area contributed by atoms with Gasteiger partial charge in [-0.2, -0.15) is 0 Å². The van der Waals surface area contributed by atoms with E-state index in [1.165, 1.54) is 166 Å². The topological polar surface area (TPSA) is 26.3 Å². The number of carbonyl (C=O) groups is 1. The van der Waals surface area contributed by atoms with Gasteiger partial charge in [0.05, 0.1) is 33.3 Å². The van der Waals surface area contributed by atoms with E-state index in [0.29, 0.717) is 6.42 Å². The Kier molecular flexibility index (Phi) is 30.2. The molecule has 3 nitrogen and oxygen atoms in total. The van der Waals surface area contributed by atoms with Gasteiger partial charge in [0.2, 0.25) is 0 Å². The van der Waals surface area contributed by atoms with Gasteiger partial charge in [-0.15, -0.1) is 0 Å². The number of unbranched alkanes of at least 4 members (excludes halogenated alkanes) is 17. The van der Waals surface area contributed by atoms with Crippen molar-refractivity contribution in [2.75, 3.05) is 33.3 Å². The molecule has 0 aromatic heterocycles. The van der Waals surface area contributed by atoms with Crippen LogP contribution in [0.25, 0.3) is 0 Å². The molecule has 0 bridgehead atoms. The summed E-state index contributed by atoms with van der Waals surface area (Å²) in [4.78, 5) is 11.5. The van der Waals surface area contributed by atoms with Gasteiger partial charge in [0, 0.05) is 6.42 Å². The highest BCUT2D eigenvalue weighted by Crippen LogP contribution is 2.20. The SMILES string of the molecule is CCCCCCCC[N+](CCCCCCCC)(CCCCCCCC)CCCCCC(=O)OC.[Br-]. The van der Waals surface area contributed by atoms with Crippen LogP contribution < -0.4 is 17.0 Å². The van der Waals surface area contributed by atoms with E-state index in [9.17, 15) is 4.79 Å². The maximum Gasteiger partial charge on any atom is 0.305 e. The summed E-state index contributed by atoms with van der Waals surface area (Å²) >= 11 is 0. The van der Waals surface area contributed by atoms with Crippen molar-refractivity contribution in [3.63, 3.8) is 0 Å². The van der Waals surface area contributed by atoms with Crippen molar-refractivity contribution in [3.05, 3.63) is 0 Å². The Balaban J connectivity index is 0. The van der Waals surface area contributed by atoms with Crippen LogP contribution in [-0.2, 0) is 9.53 Å². The van der Waals surface area contributed by atoms with E-state index in [4.69, 9.17) is 4.74 Å². The van der Waals surface area contributed by atoms with Crippen LogP contribution in [0.3, 0.4) is 0 Å². The van der Waals surface area contributed by atoms with E-state index in [-0.39, 0.29) is 23.0 Å². The number of quaternary nitrogens is 1. The Morgan fingerprint density at radius 1 is 0.486 bits per heavy atom. The zero-order valence-electron chi connectivity index (χ0n) is 24.5. The molecule has 0 aliphatic carbocycles. The number of carbonyl (C=O) groups excluding carboxylic acids is 1. The smallest absolute Gasteiger partial charge is 0.305 e. The Hall–Kier alpha value is -0.0900. The molecule has 212 valence electrons. The number of hydrogen-bond donors (Lipinski definition) is 0. The fourth-order valence-electron chi connectivity index (χ4n) is 5.35. The molecule has 4 heteroatoms. The van der Waals surface area contributed by atoms with Gasteiger partial charge in [-0.05, 0) is 57.8 Å². The van der Waals surface area contributed by atoms with Gasteiger partial charge >= 0.3 is 5.97 Å². The van der Waals surface area contributed by atoms with Crippen molar-refractivity contribution in [2.45, 2.75) is 162 Å². The molecular formula is C31H64BrNO2. The Morgan fingerprint density at radius 2 is 0.771 bits per heavy atom. The number of hydrogen-bond acceptors (Lipinski definition) is 2. The van der Waals surface area contributed by atoms with Crippen LogP contribution in [-0.4, -0.2) is 43.7 Å². The van der Waals surface area contributed by atoms with Gasteiger partial charge in [-0.1, -0.05) is 97.8 Å². The van der Waals surface area contributed by atoms with Gasteiger partial charge < -0.3 is 26.2 Å². The lowest BCUT2D eigenvalue weighted by Crippen LogP contribution is -3.00. The highest BCUT2D eigenvalue weighted by molar-refractivity contribution is 5.68. The summed E-state index contributed by atoms with van der Waals surface area (Å²) in [5.41, 5.74) is 0. The third-order valence-corrected chi connectivity index (χ3v) is 7.70. The highest BCUT2D eigenvalue weighted by atomic mass is 79.9. The number of halogens is 1. The van der Waals surface area contributed by atoms with Crippen LogP contribution in [0.15, 0.2) is 0 Å². The predicted molar refractivity (Wildman–Crippen MR) is 150 cm³/mol. The molecule has 0 aromatic carbocycles. The molecule has 0 fully saturated rings. The van der Waals surface area contributed by atoms with E-state index in [2.05, 4.69) is 20.8 Å². The summed E-state index contributed by atoms with van der Waals surface area (Å²) < 4.78 is 6.19. The average Bonchev–Trinajstić information content (AvgIpc) is 2.85. The molecule has 0 aliphatic rings. The molecule has 0 saturated carbocycles. The fraction of sp³-hybridized carbons (Fsp3) is 0.968. The first-order chi connectivity index (χ1) is 16.6. The Labute approximate surface area is 231 Å². The van der Waals surface area contributed by atoms with Gasteiger partial charge in [0.1, 0.15) is 0 Å². The van der Waals surface area contributed by atoms with Crippen LogP contribution >= 0.6 is 0 Å². The second-order valence-electron chi connectivity index (χ2n) is 10.9. The molecule has 35 heavy (non-hydrogen) atoms. The third kappa shape index (κ3) is 24.0. The van der Waals surface area contributed by atoms with Crippen molar-refractivity contribution in [1.82, 2.24) is 0 Å². The number of nitrogens with zero attached hydrogens (tertiary/aromatic N) is 1. The van der Waals surface area contributed by atoms with Gasteiger partial charge in [-0.25, -0.2) is 0 Å². The quantitative estimate of drug-likeness (QED) is 0.0639. The molecule has 0 radical (unpaired) electrons. The molecule has 0 aliphatic heterocycles. The zero-order chi connectivity index (χ0) is 25.2. The number of rotatable bonds is 27. The molecule has 0 rings (SSSR count). The molecule has 0 N–H and O–H groups in total. The number of ether oxygens (including phenoxy) is 1. The van der Waals surface area contributed by atoms with Crippen molar-refractivity contribution < 1.29 is 31.0 Å². The van der Waals surface area contributed by atoms with Crippen molar-refractivity contribution in [3.8, 4) is 0 Å². The van der Waals surface area contributed by atoms with Gasteiger partial charge in [0.15, 0.2) is 0 Å². The maximum absolute atomic E-state index is 11.5. The first-order valence-corrected chi connectivity index (χ1v) is 15.6. The maximum atomic E-state index is 11.5. The molecule has 0 aromatic rings. The van der Waals surface area contributed by atoms with Gasteiger partial charge in [0.25, 0.3) is 0 Å².